The standard InChI is InChI=1S/C28H34Cl2N4O4/c1-19(35)33(3)18-28(38-26(37)31-2,21-8-9-23(29)24(30)17-21)12-15-34-13-10-27(11-14-34)22-7-5-4-6-20(22)16-25(36)32-27/h4-9,17H,10-16,18H2,1-3H3,(H,31,37)(H,32,36)/t28-/m1/s1. The predicted octanol–water partition coefficient (Wildman–Crippen LogP) is 4.08. The second-order valence-electron chi connectivity index (χ2n) is 10.2. The number of rotatable bonds is 7. The van der Waals surface area contributed by atoms with E-state index in [-0.39, 0.29) is 23.9 Å². The number of benzene rings is 2. The second-order valence-corrected chi connectivity index (χ2v) is 11.0. The highest BCUT2D eigenvalue weighted by Gasteiger charge is 2.43. The third kappa shape index (κ3) is 5.92. The van der Waals surface area contributed by atoms with Gasteiger partial charge in [-0.3, -0.25) is 9.59 Å². The van der Waals surface area contributed by atoms with Gasteiger partial charge in [-0.1, -0.05) is 53.5 Å². The first-order chi connectivity index (χ1) is 18.1. The van der Waals surface area contributed by atoms with Crippen molar-refractivity contribution in [1.82, 2.24) is 20.4 Å². The Labute approximate surface area is 233 Å². The van der Waals surface area contributed by atoms with Gasteiger partial charge in [0.2, 0.25) is 11.8 Å². The molecule has 10 heteroatoms. The maximum atomic E-state index is 12.6. The smallest absolute Gasteiger partial charge is 0.407 e. The average Bonchev–Trinajstić information content (AvgIpc) is 2.89. The third-order valence-corrected chi connectivity index (χ3v) is 8.51. The number of carbonyl (C=O) groups excluding carboxylic acids is 3. The van der Waals surface area contributed by atoms with Crippen LogP contribution in [0.3, 0.4) is 0 Å². The lowest BCUT2D eigenvalue weighted by Crippen LogP contribution is -2.56. The monoisotopic (exact) mass is 560 g/mol. The van der Waals surface area contributed by atoms with Gasteiger partial charge in [0, 0.05) is 47.1 Å². The summed E-state index contributed by atoms with van der Waals surface area (Å²) in [6.07, 6.45) is 1.78. The van der Waals surface area contributed by atoms with Gasteiger partial charge < -0.3 is 25.2 Å². The Hall–Kier alpha value is -2.81. The van der Waals surface area contributed by atoms with Crippen molar-refractivity contribution in [1.29, 1.82) is 0 Å². The van der Waals surface area contributed by atoms with E-state index < -0.39 is 11.7 Å². The molecule has 8 nitrogen and oxygen atoms in total. The SMILES string of the molecule is CNC(=O)O[C@](CCN1CCC2(CC1)NC(=O)Cc1ccccc12)(CN(C)C(C)=O)c1ccc(Cl)c(Cl)c1. The van der Waals surface area contributed by atoms with Crippen LogP contribution in [0.1, 0.15) is 42.9 Å². The van der Waals surface area contributed by atoms with Gasteiger partial charge in [-0.15, -0.1) is 0 Å². The van der Waals surface area contributed by atoms with E-state index in [1.807, 2.05) is 18.2 Å². The maximum Gasteiger partial charge on any atom is 0.407 e. The number of halogens is 2. The highest BCUT2D eigenvalue weighted by molar-refractivity contribution is 6.42. The summed E-state index contributed by atoms with van der Waals surface area (Å²) in [5, 5.41) is 6.54. The topological polar surface area (TPSA) is 91.0 Å². The van der Waals surface area contributed by atoms with Crippen LogP contribution in [0.15, 0.2) is 42.5 Å². The minimum atomic E-state index is -1.16. The Morgan fingerprint density at radius 2 is 1.87 bits per heavy atom. The van der Waals surface area contributed by atoms with Crippen LogP contribution in [-0.2, 0) is 31.9 Å². The van der Waals surface area contributed by atoms with Crippen molar-refractivity contribution in [3.8, 4) is 0 Å². The molecule has 0 radical (unpaired) electrons. The highest BCUT2D eigenvalue weighted by atomic mass is 35.5. The summed E-state index contributed by atoms with van der Waals surface area (Å²) in [7, 11) is 3.17. The van der Waals surface area contributed by atoms with E-state index in [0.717, 1.165) is 31.5 Å². The zero-order valence-electron chi connectivity index (χ0n) is 22.0. The molecule has 0 unspecified atom stereocenters. The fourth-order valence-corrected chi connectivity index (χ4v) is 5.84. The molecule has 4 rings (SSSR count). The lowest BCUT2D eigenvalue weighted by atomic mass is 9.75. The molecule has 0 saturated carbocycles. The number of nitrogens with zero attached hydrogens (tertiary/aromatic N) is 2. The number of ether oxygens (including phenoxy) is 1. The number of amides is 3. The molecule has 2 aromatic carbocycles. The highest BCUT2D eigenvalue weighted by Crippen LogP contribution is 2.39. The molecule has 0 aliphatic carbocycles. The van der Waals surface area contributed by atoms with Crippen LogP contribution in [0.5, 0.6) is 0 Å². The number of piperidine rings is 1. The molecular formula is C28H34Cl2N4O4. The van der Waals surface area contributed by atoms with E-state index in [9.17, 15) is 14.4 Å². The minimum Gasteiger partial charge on any atom is -0.436 e. The van der Waals surface area contributed by atoms with Crippen molar-refractivity contribution < 1.29 is 19.1 Å². The van der Waals surface area contributed by atoms with Crippen molar-refractivity contribution in [3.63, 3.8) is 0 Å². The molecule has 2 N–H and O–H groups in total. The molecule has 38 heavy (non-hydrogen) atoms. The molecule has 1 saturated heterocycles. The van der Waals surface area contributed by atoms with Gasteiger partial charge in [-0.25, -0.2) is 4.79 Å². The Morgan fingerprint density at radius 3 is 2.53 bits per heavy atom. The average molecular weight is 562 g/mol. The molecule has 0 aromatic heterocycles. The first-order valence-corrected chi connectivity index (χ1v) is 13.5. The molecule has 1 atom stereocenters. The number of hydrogen-bond donors (Lipinski definition) is 2. The Bertz CT molecular complexity index is 1220. The molecule has 1 spiro atoms. The largest absolute Gasteiger partial charge is 0.436 e. The lowest BCUT2D eigenvalue weighted by Gasteiger charge is -2.46. The summed E-state index contributed by atoms with van der Waals surface area (Å²) in [6.45, 7) is 3.74. The molecule has 2 heterocycles. The summed E-state index contributed by atoms with van der Waals surface area (Å²) in [6, 6.07) is 13.3. The third-order valence-electron chi connectivity index (χ3n) is 7.77. The molecule has 2 aliphatic rings. The normalized spacial score (nSPS) is 18.2. The summed E-state index contributed by atoms with van der Waals surface area (Å²) >= 11 is 12.5. The van der Waals surface area contributed by atoms with Crippen molar-refractivity contribution >= 4 is 41.1 Å². The van der Waals surface area contributed by atoms with E-state index in [2.05, 4.69) is 21.6 Å². The summed E-state index contributed by atoms with van der Waals surface area (Å²) in [4.78, 5) is 41.1. The molecule has 3 amide bonds. The number of nitrogens with one attached hydrogen (secondary N) is 2. The van der Waals surface area contributed by atoms with E-state index in [1.165, 1.54) is 24.4 Å². The number of likely N-dealkylation sites (tertiary alicyclic amines) is 1. The van der Waals surface area contributed by atoms with Gasteiger partial charge in [0.15, 0.2) is 5.60 Å². The zero-order valence-corrected chi connectivity index (χ0v) is 23.5. The number of hydrogen-bond acceptors (Lipinski definition) is 5. The van der Waals surface area contributed by atoms with E-state index in [1.54, 1.807) is 25.2 Å². The van der Waals surface area contributed by atoms with Gasteiger partial charge in [-0.05, 0) is 41.7 Å². The molecule has 2 aliphatic heterocycles. The Kier molecular flexibility index (Phi) is 8.55. The quantitative estimate of drug-likeness (QED) is 0.532. The fraction of sp³-hybridized carbons (Fsp3) is 0.464. The molecule has 2 aromatic rings. The maximum absolute atomic E-state index is 12.6. The predicted molar refractivity (Wildman–Crippen MR) is 147 cm³/mol. The Morgan fingerprint density at radius 1 is 1.16 bits per heavy atom. The van der Waals surface area contributed by atoms with E-state index in [4.69, 9.17) is 27.9 Å². The summed E-state index contributed by atoms with van der Waals surface area (Å²) in [5.41, 5.74) is 1.43. The van der Waals surface area contributed by atoms with E-state index >= 15 is 0 Å². The van der Waals surface area contributed by atoms with Gasteiger partial charge in [-0.2, -0.15) is 0 Å². The zero-order chi connectivity index (χ0) is 27.5. The van der Waals surface area contributed by atoms with Gasteiger partial charge in [0.1, 0.15) is 0 Å². The lowest BCUT2D eigenvalue weighted by molar-refractivity contribution is -0.132. The first kappa shape index (κ1) is 28.2. The summed E-state index contributed by atoms with van der Waals surface area (Å²) < 4.78 is 6.02. The van der Waals surface area contributed by atoms with Crippen molar-refractivity contribution in [2.45, 2.75) is 43.7 Å². The Balaban J connectivity index is 1.57. The van der Waals surface area contributed by atoms with Gasteiger partial charge in [0.05, 0.1) is 28.5 Å². The fourth-order valence-electron chi connectivity index (χ4n) is 5.54. The number of alkyl carbamates (subject to hydrolysis) is 1. The van der Waals surface area contributed by atoms with Crippen LogP contribution in [0, 0.1) is 0 Å². The van der Waals surface area contributed by atoms with Crippen LogP contribution >= 0.6 is 23.2 Å². The first-order valence-electron chi connectivity index (χ1n) is 12.8. The minimum absolute atomic E-state index is 0.0574. The van der Waals surface area contributed by atoms with Gasteiger partial charge >= 0.3 is 6.09 Å². The van der Waals surface area contributed by atoms with Crippen LogP contribution in [-0.4, -0.2) is 68.0 Å². The van der Waals surface area contributed by atoms with Crippen molar-refractivity contribution in [2.75, 3.05) is 40.3 Å². The van der Waals surface area contributed by atoms with Crippen molar-refractivity contribution in [3.05, 3.63) is 69.2 Å². The van der Waals surface area contributed by atoms with Gasteiger partial charge in [0.25, 0.3) is 0 Å². The van der Waals surface area contributed by atoms with Crippen LogP contribution in [0.4, 0.5) is 4.79 Å². The summed E-state index contributed by atoms with van der Waals surface area (Å²) in [5.74, 6) is -0.0939. The van der Waals surface area contributed by atoms with Crippen LogP contribution in [0.2, 0.25) is 10.0 Å². The number of fused-ring (bicyclic) bond motifs is 2. The van der Waals surface area contributed by atoms with Crippen molar-refractivity contribution in [2.24, 2.45) is 0 Å². The number of carbonyl (C=O) groups is 3. The molecule has 1 fully saturated rings. The second kappa shape index (κ2) is 11.5. The molecule has 0 bridgehead atoms. The molecule has 204 valence electrons. The van der Waals surface area contributed by atoms with Crippen LogP contribution in [0.25, 0.3) is 0 Å². The van der Waals surface area contributed by atoms with E-state index in [0.29, 0.717) is 35.0 Å². The van der Waals surface area contributed by atoms with Crippen LogP contribution < -0.4 is 10.6 Å². The number of likely N-dealkylation sites (N-methyl/N-ethyl adjacent to an activating group) is 1. The molecular weight excluding hydrogens is 527 g/mol.